The van der Waals surface area contributed by atoms with Crippen LogP contribution in [0.1, 0.15) is 22.7 Å². The van der Waals surface area contributed by atoms with Gasteiger partial charge in [-0.1, -0.05) is 48.6 Å². The fourth-order valence-corrected chi connectivity index (χ4v) is 3.65. The number of ether oxygens (including phenoxy) is 1. The molecule has 0 bridgehead atoms. The second kappa shape index (κ2) is 8.89. The Bertz CT molecular complexity index is 1180. The lowest BCUT2D eigenvalue weighted by molar-refractivity contribution is -0.132. The van der Waals surface area contributed by atoms with Crippen LogP contribution in [0.4, 0.5) is 5.82 Å². The van der Waals surface area contributed by atoms with Crippen molar-refractivity contribution in [3.63, 3.8) is 0 Å². The lowest BCUT2D eigenvalue weighted by Gasteiger charge is -2.24. The van der Waals surface area contributed by atoms with Gasteiger partial charge in [-0.15, -0.1) is 0 Å². The third kappa shape index (κ3) is 3.90. The fourth-order valence-electron chi connectivity index (χ4n) is 3.65. The lowest BCUT2D eigenvalue weighted by Crippen LogP contribution is -2.30. The van der Waals surface area contributed by atoms with E-state index in [1.54, 1.807) is 54.7 Å². The molecule has 1 amide bonds. The highest BCUT2D eigenvalue weighted by Crippen LogP contribution is 2.41. The zero-order chi connectivity index (χ0) is 22.7. The molecule has 1 aliphatic heterocycles. The Labute approximate surface area is 186 Å². The molecule has 1 N–H and O–H groups in total. The Hall–Kier alpha value is -4.19. The molecule has 0 radical (unpaired) electrons. The van der Waals surface area contributed by atoms with Gasteiger partial charge in [0.25, 0.3) is 5.78 Å². The van der Waals surface area contributed by atoms with Crippen LogP contribution in [0.2, 0.25) is 0 Å². The molecular weight excluding hydrogens is 404 g/mol. The van der Waals surface area contributed by atoms with Gasteiger partial charge in [-0.05, 0) is 48.9 Å². The SMILES string of the molecule is C=CCOc1ccc(C(O)=C2C(=O)C(=O)N(c3ccccn3)[C@H]2c2ccc(C)cc2)cc1. The standard InChI is InChI=1S/C26H22N2O4/c1-3-16-32-20-13-11-19(12-14-20)24(29)22-23(18-9-7-17(2)8-10-18)28(26(31)25(22)30)21-6-4-5-15-27-21/h3-15,23,29H,1,16H2,2H3/t23-/m0/s1. The number of ketones is 1. The molecule has 6 nitrogen and oxygen atoms in total. The Morgan fingerprint density at radius 3 is 2.44 bits per heavy atom. The first-order valence-corrected chi connectivity index (χ1v) is 10.1. The van der Waals surface area contributed by atoms with Gasteiger partial charge in [0.1, 0.15) is 23.9 Å². The number of anilines is 1. The lowest BCUT2D eigenvalue weighted by atomic mass is 9.94. The van der Waals surface area contributed by atoms with Crippen molar-refractivity contribution in [2.45, 2.75) is 13.0 Å². The number of hydrogen-bond donors (Lipinski definition) is 1. The van der Waals surface area contributed by atoms with E-state index in [0.717, 1.165) is 5.56 Å². The largest absolute Gasteiger partial charge is 0.507 e. The molecule has 1 aliphatic rings. The summed E-state index contributed by atoms with van der Waals surface area (Å²) in [6, 6.07) is 18.5. The van der Waals surface area contributed by atoms with Gasteiger partial charge < -0.3 is 9.84 Å². The van der Waals surface area contributed by atoms with Crippen LogP contribution in [0.15, 0.2) is 91.2 Å². The summed E-state index contributed by atoms with van der Waals surface area (Å²) < 4.78 is 5.48. The van der Waals surface area contributed by atoms with E-state index in [2.05, 4.69) is 11.6 Å². The van der Waals surface area contributed by atoms with Crippen molar-refractivity contribution in [3.8, 4) is 5.75 Å². The molecule has 1 fully saturated rings. The number of aryl methyl sites for hydroxylation is 1. The van der Waals surface area contributed by atoms with E-state index >= 15 is 0 Å². The van der Waals surface area contributed by atoms with Crippen molar-refractivity contribution in [2.75, 3.05) is 11.5 Å². The van der Waals surface area contributed by atoms with Crippen molar-refractivity contribution in [1.29, 1.82) is 0 Å². The highest BCUT2D eigenvalue weighted by molar-refractivity contribution is 6.51. The van der Waals surface area contributed by atoms with Crippen LogP contribution in [-0.2, 0) is 9.59 Å². The summed E-state index contributed by atoms with van der Waals surface area (Å²) in [5.41, 5.74) is 2.17. The van der Waals surface area contributed by atoms with Crippen LogP contribution in [0.5, 0.6) is 5.75 Å². The predicted octanol–water partition coefficient (Wildman–Crippen LogP) is 4.58. The molecule has 4 rings (SSSR count). The van der Waals surface area contributed by atoms with Gasteiger partial charge >= 0.3 is 5.91 Å². The third-order valence-corrected chi connectivity index (χ3v) is 5.23. The number of carbonyl (C=O) groups is 2. The van der Waals surface area contributed by atoms with Crippen LogP contribution in [-0.4, -0.2) is 28.4 Å². The van der Waals surface area contributed by atoms with Gasteiger partial charge in [0.15, 0.2) is 0 Å². The third-order valence-electron chi connectivity index (χ3n) is 5.23. The molecule has 0 unspecified atom stereocenters. The molecule has 3 aromatic rings. The maximum atomic E-state index is 13.1. The Morgan fingerprint density at radius 2 is 1.81 bits per heavy atom. The van der Waals surface area contributed by atoms with E-state index in [0.29, 0.717) is 29.3 Å². The molecule has 6 heteroatoms. The number of rotatable bonds is 6. The minimum Gasteiger partial charge on any atom is -0.507 e. The first-order chi connectivity index (χ1) is 15.5. The molecular formula is C26H22N2O4. The van der Waals surface area contributed by atoms with E-state index in [1.807, 2.05) is 31.2 Å². The molecule has 32 heavy (non-hydrogen) atoms. The molecule has 2 aromatic carbocycles. The minimum absolute atomic E-state index is 0.0178. The number of Topliss-reactive ketones (excluding diaryl/α,β-unsaturated/α-hetero) is 1. The van der Waals surface area contributed by atoms with Crippen LogP contribution >= 0.6 is 0 Å². The molecule has 160 valence electrons. The normalized spacial score (nSPS) is 17.4. The minimum atomic E-state index is -0.804. The van der Waals surface area contributed by atoms with Crippen molar-refractivity contribution >= 4 is 23.3 Å². The molecule has 1 aromatic heterocycles. The van der Waals surface area contributed by atoms with Gasteiger partial charge in [-0.25, -0.2) is 4.98 Å². The first kappa shape index (κ1) is 21.1. The van der Waals surface area contributed by atoms with Crippen LogP contribution in [0.3, 0.4) is 0 Å². The zero-order valence-electron chi connectivity index (χ0n) is 17.6. The monoisotopic (exact) mass is 426 g/mol. The summed E-state index contributed by atoms with van der Waals surface area (Å²) in [4.78, 5) is 31.7. The number of amides is 1. The fraction of sp³-hybridized carbons (Fsp3) is 0.115. The quantitative estimate of drug-likeness (QED) is 0.270. The zero-order valence-corrected chi connectivity index (χ0v) is 17.6. The molecule has 0 aliphatic carbocycles. The number of aliphatic hydroxyl groups excluding tert-OH is 1. The maximum Gasteiger partial charge on any atom is 0.301 e. The molecule has 0 spiro atoms. The Balaban J connectivity index is 1.84. The molecule has 1 saturated heterocycles. The number of hydrogen-bond acceptors (Lipinski definition) is 5. The summed E-state index contributed by atoms with van der Waals surface area (Å²) in [6.45, 7) is 5.92. The van der Waals surface area contributed by atoms with E-state index < -0.39 is 17.7 Å². The number of nitrogens with zero attached hydrogens (tertiary/aromatic N) is 2. The summed E-state index contributed by atoms with van der Waals surface area (Å²) in [5, 5.41) is 11.1. The number of aromatic nitrogens is 1. The van der Waals surface area contributed by atoms with Crippen LogP contribution in [0, 0.1) is 6.92 Å². The second-order valence-corrected chi connectivity index (χ2v) is 7.39. The number of carbonyl (C=O) groups excluding carboxylic acids is 2. The van der Waals surface area contributed by atoms with Crippen molar-refractivity contribution in [1.82, 2.24) is 4.98 Å². The number of benzene rings is 2. The summed E-state index contributed by atoms with van der Waals surface area (Å²) in [5.74, 6) is -0.798. The summed E-state index contributed by atoms with van der Waals surface area (Å²) in [6.07, 6.45) is 3.19. The van der Waals surface area contributed by atoms with Crippen molar-refractivity contribution in [3.05, 3.63) is 108 Å². The van der Waals surface area contributed by atoms with Gasteiger partial charge in [0.2, 0.25) is 0 Å². The molecule has 0 saturated carbocycles. The van der Waals surface area contributed by atoms with Crippen LogP contribution in [0.25, 0.3) is 5.76 Å². The predicted molar refractivity (Wildman–Crippen MR) is 122 cm³/mol. The van der Waals surface area contributed by atoms with Gasteiger partial charge in [-0.3, -0.25) is 14.5 Å². The van der Waals surface area contributed by atoms with Gasteiger partial charge in [0, 0.05) is 11.8 Å². The van der Waals surface area contributed by atoms with Crippen molar-refractivity contribution < 1.29 is 19.4 Å². The smallest absolute Gasteiger partial charge is 0.301 e. The Morgan fingerprint density at radius 1 is 1.09 bits per heavy atom. The highest BCUT2D eigenvalue weighted by Gasteiger charge is 2.47. The summed E-state index contributed by atoms with van der Waals surface area (Å²) >= 11 is 0. The van der Waals surface area contributed by atoms with Crippen LogP contribution < -0.4 is 9.64 Å². The molecule has 1 atom stereocenters. The highest BCUT2D eigenvalue weighted by atomic mass is 16.5. The Kier molecular flexibility index (Phi) is 5.85. The topological polar surface area (TPSA) is 79.7 Å². The van der Waals surface area contributed by atoms with Crippen molar-refractivity contribution in [2.24, 2.45) is 0 Å². The second-order valence-electron chi connectivity index (χ2n) is 7.39. The van der Waals surface area contributed by atoms with E-state index in [9.17, 15) is 14.7 Å². The number of aliphatic hydroxyl groups is 1. The van der Waals surface area contributed by atoms with Gasteiger partial charge in [-0.2, -0.15) is 0 Å². The van der Waals surface area contributed by atoms with E-state index in [-0.39, 0.29) is 11.3 Å². The summed E-state index contributed by atoms with van der Waals surface area (Å²) in [7, 11) is 0. The molecule has 2 heterocycles. The number of pyridine rings is 1. The average molecular weight is 426 g/mol. The van der Waals surface area contributed by atoms with E-state index in [1.165, 1.54) is 4.90 Å². The first-order valence-electron chi connectivity index (χ1n) is 10.1. The maximum absolute atomic E-state index is 13.1. The average Bonchev–Trinajstić information content (AvgIpc) is 3.09. The van der Waals surface area contributed by atoms with Gasteiger partial charge in [0.05, 0.1) is 11.6 Å². The van der Waals surface area contributed by atoms with E-state index in [4.69, 9.17) is 4.74 Å².